The van der Waals surface area contributed by atoms with Gasteiger partial charge < -0.3 is 11.1 Å². The first-order chi connectivity index (χ1) is 7.52. The highest BCUT2D eigenvalue weighted by Gasteiger charge is 2.24. The van der Waals surface area contributed by atoms with E-state index in [0.29, 0.717) is 6.54 Å². The molecule has 0 aliphatic heterocycles. The Kier molecular flexibility index (Phi) is 4.89. The van der Waals surface area contributed by atoms with Crippen LogP contribution in [-0.2, 0) is 11.3 Å². The molecule has 1 rings (SSSR count). The third kappa shape index (κ3) is 3.57. The Morgan fingerprint density at radius 3 is 2.75 bits per heavy atom. The van der Waals surface area contributed by atoms with Crippen molar-refractivity contribution in [2.24, 2.45) is 17.6 Å². The molecule has 0 bridgehead atoms. The molecule has 3 nitrogen and oxygen atoms in total. The molecule has 3 N–H and O–H groups in total. The predicted molar refractivity (Wildman–Crippen MR) is 71.3 cm³/mol. The monoisotopic (exact) mass is 256 g/mol. The molecular weight excluding hydrogens is 240 g/mol. The van der Waals surface area contributed by atoms with Crippen molar-refractivity contribution in [1.82, 2.24) is 5.32 Å². The van der Waals surface area contributed by atoms with E-state index in [4.69, 9.17) is 18.0 Å². The number of thiocarbonyl (C=S) groups is 1. The zero-order valence-corrected chi connectivity index (χ0v) is 11.0. The summed E-state index contributed by atoms with van der Waals surface area (Å²) in [6.45, 7) is 4.42. The van der Waals surface area contributed by atoms with Crippen LogP contribution in [0.3, 0.4) is 0 Å². The fourth-order valence-electron chi connectivity index (χ4n) is 1.46. The molecule has 1 atom stereocenters. The molecular formula is C11H16N2OS2. The molecule has 0 aromatic carbocycles. The number of amides is 1. The Morgan fingerprint density at radius 2 is 2.31 bits per heavy atom. The standard InChI is InChI=1S/C11H16N2OS2/c1-7(2)9(10(12)15)11(14)13-6-8-4-3-5-16-8/h3-5,7,9H,6H2,1-2H3,(H2,12,15)(H,13,14). The summed E-state index contributed by atoms with van der Waals surface area (Å²) in [7, 11) is 0. The maximum atomic E-state index is 11.8. The zero-order chi connectivity index (χ0) is 12.1. The number of nitrogens with two attached hydrogens (primary N) is 1. The average Bonchev–Trinajstić information content (AvgIpc) is 2.65. The van der Waals surface area contributed by atoms with Crippen molar-refractivity contribution in [3.63, 3.8) is 0 Å². The number of nitrogens with one attached hydrogen (secondary N) is 1. The first-order valence-corrected chi connectivity index (χ1v) is 6.40. The molecule has 0 aliphatic carbocycles. The average molecular weight is 256 g/mol. The van der Waals surface area contributed by atoms with Gasteiger partial charge in [0.15, 0.2) is 0 Å². The Morgan fingerprint density at radius 1 is 1.62 bits per heavy atom. The molecule has 0 fully saturated rings. The molecule has 1 aromatic rings. The Bertz CT molecular complexity index is 360. The van der Waals surface area contributed by atoms with E-state index in [9.17, 15) is 4.79 Å². The van der Waals surface area contributed by atoms with Crippen molar-refractivity contribution in [1.29, 1.82) is 0 Å². The van der Waals surface area contributed by atoms with Crippen LogP contribution < -0.4 is 11.1 Å². The Labute approximate surface area is 105 Å². The highest BCUT2D eigenvalue weighted by Crippen LogP contribution is 2.13. The van der Waals surface area contributed by atoms with Crippen molar-refractivity contribution in [3.8, 4) is 0 Å². The molecule has 16 heavy (non-hydrogen) atoms. The van der Waals surface area contributed by atoms with Crippen molar-refractivity contribution in [2.75, 3.05) is 0 Å². The van der Waals surface area contributed by atoms with Gasteiger partial charge in [-0.1, -0.05) is 32.1 Å². The molecule has 88 valence electrons. The molecule has 1 aromatic heterocycles. The van der Waals surface area contributed by atoms with Gasteiger partial charge in [0.05, 0.1) is 17.5 Å². The number of hydrogen-bond acceptors (Lipinski definition) is 3. The molecule has 0 saturated carbocycles. The maximum absolute atomic E-state index is 11.8. The number of rotatable bonds is 5. The van der Waals surface area contributed by atoms with Gasteiger partial charge >= 0.3 is 0 Å². The molecule has 1 heterocycles. The van der Waals surface area contributed by atoms with Crippen LogP contribution in [0.5, 0.6) is 0 Å². The highest BCUT2D eigenvalue weighted by atomic mass is 32.1. The van der Waals surface area contributed by atoms with Crippen LogP contribution in [0.1, 0.15) is 18.7 Å². The van der Waals surface area contributed by atoms with E-state index in [2.05, 4.69) is 5.32 Å². The summed E-state index contributed by atoms with van der Waals surface area (Å²) in [6.07, 6.45) is 0. The fraction of sp³-hybridized carbons (Fsp3) is 0.455. The van der Waals surface area contributed by atoms with Crippen molar-refractivity contribution >= 4 is 34.5 Å². The van der Waals surface area contributed by atoms with Crippen LogP contribution in [0, 0.1) is 11.8 Å². The van der Waals surface area contributed by atoms with Crippen LogP contribution in [0.2, 0.25) is 0 Å². The van der Waals surface area contributed by atoms with Crippen molar-refractivity contribution < 1.29 is 4.79 Å². The van der Waals surface area contributed by atoms with Crippen molar-refractivity contribution in [3.05, 3.63) is 22.4 Å². The van der Waals surface area contributed by atoms with Crippen LogP contribution in [0.15, 0.2) is 17.5 Å². The SMILES string of the molecule is CC(C)C(C(=O)NCc1cccs1)C(N)=S. The number of hydrogen-bond donors (Lipinski definition) is 2. The minimum Gasteiger partial charge on any atom is -0.393 e. The van der Waals surface area contributed by atoms with Gasteiger partial charge in [0, 0.05) is 4.88 Å². The van der Waals surface area contributed by atoms with Crippen molar-refractivity contribution in [2.45, 2.75) is 20.4 Å². The summed E-state index contributed by atoms with van der Waals surface area (Å²) in [5.74, 6) is -0.341. The molecule has 0 spiro atoms. The van der Waals surface area contributed by atoms with Gasteiger partial charge in [-0.25, -0.2) is 0 Å². The minimum absolute atomic E-state index is 0.0871. The van der Waals surface area contributed by atoms with Crippen LogP contribution in [-0.4, -0.2) is 10.9 Å². The summed E-state index contributed by atoms with van der Waals surface area (Å²) in [4.78, 5) is 13.2. The molecule has 1 amide bonds. The summed E-state index contributed by atoms with van der Waals surface area (Å²) in [5, 5.41) is 4.83. The van der Waals surface area contributed by atoms with Gasteiger partial charge in [0.1, 0.15) is 0 Å². The lowest BCUT2D eigenvalue weighted by atomic mass is 9.95. The van der Waals surface area contributed by atoms with E-state index in [1.165, 1.54) is 0 Å². The summed E-state index contributed by atoms with van der Waals surface area (Å²) in [6, 6.07) is 3.94. The normalized spacial score (nSPS) is 12.4. The smallest absolute Gasteiger partial charge is 0.230 e. The molecule has 0 aliphatic rings. The number of carbonyl (C=O) groups excluding carboxylic acids is 1. The molecule has 0 saturated heterocycles. The van der Waals surface area contributed by atoms with Crippen LogP contribution in [0.25, 0.3) is 0 Å². The largest absolute Gasteiger partial charge is 0.393 e. The molecule has 1 unspecified atom stereocenters. The van der Waals surface area contributed by atoms with E-state index in [-0.39, 0.29) is 22.7 Å². The summed E-state index contributed by atoms with van der Waals surface area (Å²) < 4.78 is 0. The maximum Gasteiger partial charge on any atom is 0.230 e. The molecule has 5 heteroatoms. The quantitative estimate of drug-likeness (QED) is 0.791. The lowest BCUT2D eigenvalue weighted by Gasteiger charge is -2.18. The van der Waals surface area contributed by atoms with Gasteiger partial charge in [-0.2, -0.15) is 0 Å². The Hall–Kier alpha value is -0.940. The third-order valence-corrected chi connectivity index (χ3v) is 3.40. The topological polar surface area (TPSA) is 55.1 Å². The van der Waals surface area contributed by atoms with E-state index in [0.717, 1.165) is 4.88 Å². The van der Waals surface area contributed by atoms with Gasteiger partial charge in [0.25, 0.3) is 0 Å². The highest BCUT2D eigenvalue weighted by molar-refractivity contribution is 7.80. The second kappa shape index (κ2) is 5.96. The third-order valence-electron chi connectivity index (χ3n) is 2.27. The minimum atomic E-state index is -0.380. The number of carbonyl (C=O) groups is 1. The lowest BCUT2D eigenvalue weighted by Crippen LogP contribution is -2.40. The number of thiophene rings is 1. The second-order valence-corrected chi connectivity index (χ2v) is 5.42. The fourth-order valence-corrected chi connectivity index (χ4v) is 2.48. The zero-order valence-electron chi connectivity index (χ0n) is 9.40. The van der Waals surface area contributed by atoms with E-state index >= 15 is 0 Å². The van der Waals surface area contributed by atoms with E-state index < -0.39 is 0 Å². The summed E-state index contributed by atoms with van der Waals surface area (Å²) in [5.41, 5.74) is 5.56. The Balaban J connectivity index is 2.53. The first kappa shape index (κ1) is 13.1. The van der Waals surface area contributed by atoms with Gasteiger partial charge in [0.2, 0.25) is 5.91 Å². The van der Waals surface area contributed by atoms with Gasteiger partial charge in [-0.15, -0.1) is 11.3 Å². The molecule has 0 radical (unpaired) electrons. The predicted octanol–water partition coefficient (Wildman–Crippen LogP) is 1.92. The van der Waals surface area contributed by atoms with E-state index in [1.807, 2.05) is 31.4 Å². The van der Waals surface area contributed by atoms with Gasteiger partial charge in [-0.05, 0) is 17.4 Å². The van der Waals surface area contributed by atoms with Gasteiger partial charge in [-0.3, -0.25) is 4.79 Å². The van der Waals surface area contributed by atoms with E-state index in [1.54, 1.807) is 11.3 Å². The second-order valence-electron chi connectivity index (χ2n) is 3.92. The van der Waals surface area contributed by atoms with Crippen LogP contribution in [0.4, 0.5) is 0 Å². The first-order valence-electron chi connectivity index (χ1n) is 5.11. The lowest BCUT2D eigenvalue weighted by molar-refractivity contribution is -0.124. The summed E-state index contributed by atoms with van der Waals surface area (Å²) >= 11 is 6.52. The van der Waals surface area contributed by atoms with Crippen LogP contribution >= 0.6 is 23.6 Å².